The zero-order valence-corrected chi connectivity index (χ0v) is 14.8. The van der Waals surface area contributed by atoms with Crippen LogP contribution in [0.3, 0.4) is 0 Å². The highest BCUT2D eigenvalue weighted by molar-refractivity contribution is 9.11. The SMILES string of the molecule is Nc1cc(Br)c(S(=O)(=O)NCC2CC=CCC2)c(Br)c1. The van der Waals surface area contributed by atoms with Crippen LogP contribution in [0.15, 0.2) is 38.1 Å². The molecule has 1 aliphatic carbocycles. The number of nitrogens with one attached hydrogen (secondary N) is 1. The third-order valence-corrected chi connectivity index (χ3v) is 6.53. The molecule has 4 nitrogen and oxygen atoms in total. The third kappa shape index (κ3) is 3.84. The molecule has 1 aliphatic rings. The van der Waals surface area contributed by atoms with Gasteiger partial charge in [-0.25, -0.2) is 13.1 Å². The molecule has 0 saturated heterocycles. The van der Waals surface area contributed by atoms with Crippen LogP contribution < -0.4 is 10.5 Å². The van der Waals surface area contributed by atoms with E-state index in [0.29, 0.717) is 27.1 Å². The molecule has 0 fully saturated rings. The number of halogens is 2. The van der Waals surface area contributed by atoms with Gasteiger partial charge in [0, 0.05) is 21.2 Å². The highest BCUT2D eigenvalue weighted by Crippen LogP contribution is 2.32. The van der Waals surface area contributed by atoms with Crippen LogP contribution in [0.1, 0.15) is 19.3 Å². The van der Waals surface area contributed by atoms with E-state index in [4.69, 9.17) is 5.73 Å². The van der Waals surface area contributed by atoms with E-state index in [-0.39, 0.29) is 4.90 Å². The molecule has 1 aromatic carbocycles. The molecule has 3 N–H and O–H groups in total. The van der Waals surface area contributed by atoms with E-state index in [1.165, 1.54) is 0 Å². The molecule has 1 atom stereocenters. The summed E-state index contributed by atoms with van der Waals surface area (Å²) in [6.07, 6.45) is 7.20. The fourth-order valence-electron chi connectivity index (χ4n) is 2.18. The Labute approximate surface area is 136 Å². The summed E-state index contributed by atoms with van der Waals surface area (Å²) in [5, 5.41) is 0. The number of hydrogen-bond donors (Lipinski definition) is 2. The zero-order valence-electron chi connectivity index (χ0n) is 10.8. The van der Waals surface area contributed by atoms with Gasteiger partial charge in [0.1, 0.15) is 4.90 Å². The number of allylic oxidation sites excluding steroid dienone is 2. The fourth-order valence-corrected chi connectivity index (χ4v) is 5.91. The summed E-state index contributed by atoms with van der Waals surface area (Å²) in [6, 6.07) is 3.17. The summed E-state index contributed by atoms with van der Waals surface area (Å²) in [6.45, 7) is 0.454. The number of nitrogens with two attached hydrogens (primary N) is 1. The minimum Gasteiger partial charge on any atom is -0.399 e. The van der Waals surface area contributed by atoms with E-state index in [9.17, 15) is 8.42 Å². The molecule has 20 heavy (non-hydrogen) atoms. The van der Waals surface area contributed by atoms with Crippen LogP contribution in [0, 0.1) is 5.92 Å². The topological polar surface area (TPSA) is 72.2 Å². The first-order valence-electron chi connectivity index (χ1n) is 6.29. The molecule has 2 rings (SSSR count). The molecule has 0 radical (unpaired) electrons. The number of rotatable bonds is 4. The van der Waals surface area contributed by atoms with Crippen molar-refractivity contribution in [2.45, 2.75) is 24.2 Å². The minimum absolute atomic E-state index is 0.193. The Hall–Kier alpha value is -0.370. The second-order valence-electron chi connectivity index (χ2n) is 4.82. The highest BCUT2D eigenvalue weighted by Gasteiger charge is 2.23. The van der Waals surface area contributed by atoms with E-state index in [0.717, 1.165) is 19.3 Å². The lowest BCUT2D eigenvalue weighted by Crippen LogP contribution is -2.30. The number of nitrogen functional groups attached to an aromatic ring is 1. The van der Waals surface area contributed by atoms with E-state index in [1.807, 2.05) is 0 Å². The van der Waals surface area contributed by atoms with Gasteiger partial charge in [-0.1, -0.05) is 12.2 Å². The predicted octanol–water partition coefficient (Wildman–Crippen LogP) is 3.43. The molecular weight excluding hydrogens is 408 g/mol. The zero-order chi connectivity index (χ0) is 14.8. The number of benzene rings is 1. The van der Waals surface area contributed by atoms with Gasteiger partial charge in [0.2, 0.25) is 10.0 Å². The maximum Gasteiger partial charge on any atom is 0.242 e. The molecule has 0 bridgehead atoms. The van der Waals surface area contributed by atoms with Crippen molar-refractivity contribution in [2.24, 2.45) is 5.92 Å². The van der Waals surface area contributed by atoms with Crippen molar-refractivity contribution in [1.29, 1.82) is 0 Å². The molecule has 0 heterocycles. The van der Waals surface area contributed by atoms with Crippen molar-refractivity contribution < 1.29 is 8.42 Å². The van der Waals surface area contributed by atoms with Crippen LogP contribution in [0.25, 0.3) is 0 Å². The van der Waals surface area contributed by atoms with Gasteiger partial charge in [-0.3, -0.25) is 0 Å². The Morgan fingerprint density at radius 3 is 2.45 bits per heavy atom. The number of hydrogen-bond acceptors (Lipinski definition) is 3. The summed E-state index contributed by atoms with van der Waals surface area (Å²) >= 11 is 6.52. The summed E-state index contributed by atoms with van der Waals surface area (Å²) in [5.41, 5.74) is 6.18. The molecule has 1 aromatic rings. The Morgan fingerprint density at radius 1 is 1.25 bits per heavy atom. The van der Waals surface area contributed by atoms with Gasteiger partial charge in [-0.05, 0) is 69.2 Å². The molecule has 0 aromatic heterocycles. The van der Waals surface area contributed by atoms with Gasteiger partial charge in [-0.15, -0.1) is 0 Å². The van der Waals surface area contributed by atoms with Crippen molar-refractivity contribution in [3.63, 3.8) is 0 Å². The van der Waals surface area contributed by atoms with Gasteiger partial charge in [0.25, 0.3) is 0 Å². The average molecular weight is 424 g/mol. The number of sulfonamides is 1. The lowest BCUT2D eigenvalue weighted by atomic mass is 9.95. The van der Waals surface area contributed by atoms with Crippen LogP contribution >= 0.6 is 31.9 Å². The smallest absolute Gasteiger partial charge is 0.242 e. The van der Waals surface area contributed by atoms with Crippen molar-refractivity contribution in [3.05, 3.63) is 33.2 Å². The van der Waals surface area contributed by atoms with Crippen molar-refractivity contribution in [3.8, 4) is 0 Å². The largest absolute Gasteiger partial charge is 0.399 e. The minimum atomic E-state index is -3.56. The molecule has 0 aliphatic heterocycles. The van der Waals surface area contributed by atoms with E-state index in [2.05, 4.69) is 48.7 Å². The van der Waals surface area contributed by atoms with E-state index in [1.54, 1.807) is 12.1 Å². The van der Waals surface area contributed by atoms with Crippen molar-refractivity contribution in [1.82, 2.24) is 4.72 Å². The van der Waals surface area contributed by atoms with Gasteiger partial charge in [0.15, 0.2) is 0 Å². The fraction of sp³-hybridized carbons (Fsp3) is 0.385. The normalized spacial score (nSPS) is 19.2. The summed E-state index contributed by atoms with van der Waals surface area (Å²) in [4.78, 5) is 0.193. The monoisotopic (exact) mass is 422 g/mol. The van der Waals surface area contributed by atoms with E-state index < -0.39 is 10.0 Å². The van der Waals surface area contributed by atoms with Crippen LogP contribution in [-0.4, -0.2) is 15.0 Å². The molecule has 0 saturated carbocycles. The van der Waals surface area contributed by atoms with Crippen LogP contribution in [0.4, 0.5) is 5.69 Å². The van der Waals surface area contributed by atoms with Gasteiger partial charge < -0.3 is 5.73 Å². The average Bonchev–Trinajstić information content (AvgIpc) is 2.36. The quantitative estimate of drug-likeness (QED) is 0.575. The second-order valence-corrected chi connectivity index (χ2v) is 8.23. The first kappa shape index (κ1) is 16.0. The van der Waals surface area contributed by atoms with Crippen LogP contribution in [0.5, 0.6) is 0 Å². The van der Waals surface area contributed by atoms with Crippen LogP contribution in [-0.2, 0) is 10.0 Å². The Bertz CT molecular complexity index is 606. The summed E-state index contributed by atoms with van der Waals surface area (Å²) < 4.78 is 28.4. The van der Waals surface area contributed by atoms with Gasteiger partial charge >= 0.3 is 0 Å². The Balaban J connectivity index is 2.16. The standard InChI is InChI=1S/C13H16Br2N2O2S/c14-11-6-10(16)7-12(15)13(11)20(18,19)17-8-9-4-2-1-3-5-9/h1-2,6-7,9,17H,3-5,8,16H2. The Kier molecular flexibility index (Phi) is 5.28. The molecule has 1 unspecified atom stereocenters. The summed E-state index contributed by atoms with van der Waals surface area (Å²) in [5.74, 6) is 0.362. The molecule has 110 valence electrons. The van der Waals surface area contributed by atoms with Crippen molar-refractivity contribution in [2.75, 3.05) is 12.3 Å². The Morgan fingerprint density at radius 2 is 1.90 bits per heavy atom. The second kappa shape index (κ2) is 6.60. The first-order valence-corrected chi connectivity index (χ1v) is 9.36. The summed E-state index contributed by atoms with van der Waals surface area (Å²) in [7, 11) is -3.56. The van der Waals surface area contributed by atoms with Crippen molar-refractivity contribution >= 4 is 47.6 Å². The first-order chi connectivity index (χ1) is 9.40. The lowest BCUT2D eigenvalue weighted by Gasteiger charge is -2.19. The lowest BCUT2D eigenvalue weighted by molar-refractivity contribution is 0.468. The van der Waals surface area contributed by atoms with Crippen LogP contribution in [0.2, 0.25) is 0 Å². The third-order valence-electron chi connectivity index (χ3n) is 3.23. The van der Waals surface area contributed by atoms with Gasteiger partial charge in [-0.2, -0.15) is 0 Å². The predicted molar refractivity (Wildman–Crippen MR) is 87.9 cm³/mol. The van der Waals surface area contributed by atoms with E-state index >= 15 is 0 Å². The molecule has 0 amide bonds. The highest BCUT2D eigenvalue weighted by atomic mass is 79.9. The maximum absolute atomic E-state index is 12.4. The number of anilines is 1. The van der Waals surface area contributed by atoms with Gasteiger partial charge in [0.05, 0.1) is 0 Å². The molecule has 7 heteroatoms. The molecule has 0 spiro atoms. The molecular formula is C13H16Br2N2O2S. The maximum atomic E-state index is 12.4.